The van der Waals surface area contributed by atoms with Gasteiger partial charge >= 0.3 is 0 Å². The minimum atomic E-state index is 0.221. The molecule has 2 rings (SSSR count). The van der Waals surface area contributed by atoms with Crippen LogP contribution < -0.4 is 0 Å². The van der Waals surface area contributed by atoms with Crippen molar-refractivity contribution in [3.63, 3.8) is 0 Å². The molecule has 74 valence electrons. The van der Waals surface area contributed by atoms with Crippen LogP contribution in [0.25, 0.3) is 0 Å². The SMILES string of the molecule is Cc1ccsc1C1CC(=N)CC(=O)C1. The Morgan fingerprint density at radius 3 is 2.86 bits per heavy atom. The highest BCUT2D eigenvalue weighted by molar-refractivity contribution is 7.10. The van der Waals surface area contributed by atoms with E-state index in [-0.39, 0.29) is 11.7 Å². The number of hydrogen-bond donors (Lipinski definition) is 1. The van der Waals surface area contributed by atoms with E-state index in [0.717, 1.165) is 6.42 Å². The highest BCUT2D eigenvalue weighted by atomic mass is 32.1. The third-order valence-electron chi connectivity index (χ3n) is 2.65. The Bertz CT molecular complexity index is 364. The predicted octanol–water partition coefficient (Wildman–Crippen LogP) is 2.91. The largest absolute Gasteiger partial charge is 0.309 e. The van der Waals surface area contributed by atoms with Crippen LogP contribution in [0.5, 0.6) is 0 Å². The molecule has 1 aliphatic rings. The molecule has 1 aromatic heterocycles. The predicted molar refractivity (Wildman–Crippen MR) is 58.4 cm³/mol. The summed E-state index contributed by atoms with van der Waals surface area (Å²) in [7, 11) is 0. The summed E-state index contributed by atoms with van der Waals surface area (Å²) in [5, 5.41) is 9.67. The molecule has 1 saturated carbocycles. The Labute approximate surface area is 87.5 Å². The van der Waals surface area contributed by atoms with Gasteiger partial charge in [-0.05, 0) is 30.4 Å². The highest BCUT2D eigenvalue weighted by Gasteiger charge is 2.25. The van der Waals surface area contributed by atoms with Gasteiger partial charge in [0.05, 0.1) is 0 Å². The van der Waals surface area contributed by atoms with Gasteiger partial charge in [0.2, 0.25) is 0 Å². The van der Waals surface area contributed by atoms with Crippen LogP contribution in [0.1, 0.15) is 35.6 Å². The fourth-order valence-corrected chi connectivity index (χ4v) is 3.05. The van der Waals surface area contributed by atoms with Crippen molar-refractivity contribution in [2.24, 2.45) is 0 Å². The molecule has 0 bridgehead atoms. The molecule has 0 aliphatic heterocycles. The van der Waals surface area contributed by atoms with Crippen LogP contribution in [0.15, 0.2) is 11.4 Å². The number of ketones is 1. The van der Waals surface area contributed by atoms with Gasteiger partial charge in [0.25, 0.3) is 0 Å². The molecule has 2 nitrogen and oxygen atoms in total. The topological polar surface area (TPSA) is 40.9 Å². The molecule has 3 heteroatoms. The Balaban J connectivity index is 2.23. The number of aryl methyl sites for hydroxylation is 1. The number of carbonyl (C=O) groups is 1. The number of nitrogens with one attached hydrogen (secondary N) is 1. The molecule has 1 aliphatic carbocycles. The zero-order chi connectivity index (χ0) is 10.1. The zero-order valence-electron chi connectivity index (χ0n) is 8.17. The molecule has 14 heavy (non-hydrogen) atoms. The van der Waals surface area contributed by atoms with E-state index in [1.54, 1.807) is 11.3 Å². The quantitative estimate of drug-likeness (QED) is 0.755. The first-order chi connectivity index (χ1) is 6.66. The maximum Gasteiger partial charge on any atom is 0.139 e. The third kappa shape index (κ3) is 1.77. The van der Waals surface area contributed by atoms with Crippen molar-refractivity contribution >= 4 is 22.8 Å². The van der Waals surface area contributed by atoms with Crippen molar-refractivity contribution < 1.29 is 4.79 Å². The molecule has 1 fully saturated rings. The molecular formula is C11H13NOS. The summed E-state index contributed by atoms with van der Waals surface area (Å²) >= 11 is 1.71. The zero-order valence-corrected chi connectivity index (χ0v) is 8.99. The molecule has 0 radical (unpaired) electrons. The fraction of sp³-hybridized carbons (Fsp3) is 0.455. The summed E-state index contributed by atoms with van der Waals surface area (Å²) in [4.78, 5) is 12.6. The van der Waals surface area contributed by atoms with Gasteiger partial charge in [-0.3, -0.25) is 4.79 Å². The average molecular weight is 207 g/mol. The second-order valence-corrected chi connectivity index (χ2v) is 4.84. The number of hydrogen-bond acceptors (Lipinski definition) is 3. The third-order valence-corrected chi connectivity index (χ3v) is 3.83. The van der Waals surface area contributed by atoms with Gasteiger partial charge in [-0.2, -0.15) is 0 Å². The lowest BCUT2D eigenvalue weighted by Crippen LogP contribution is -2.20. The van der Waals surface area contributed by atoms with Gasteiger partial charge in [-0.1, -0.05) is 0 Å². The molecule has 1 aromatic rings. The van der Waals surface area contributed by atoms with E-state index < -0.39 is 0 Å². The lowest BCUT2D eigenvalue weighted by molar-refractivity contribution is -0.118. The van der Waals surface area contributed by atoms with Crippen LogP contribution in [0.3, 0.4) is 0 Å². The molecule has 0 saturated heterocycles. The second kappa shape index (κ2) is 3.65. The van der Waals surface area contributed by atoms with Crippen LogP contribution in [-0.2, 0) is 4.79 Å². The first-order valence-electron chi connectivity index (χ1n) is 4.79. The number of carbonyl (C=O) groups excluding carboxylic acids is 1. The minimum Gasteiger partial charge on any atom is -0.309 e. The monoisotopic (exact) mass is 207 g/mol. The van der Waals surface area contributed by atoms with E-state index in [4.69, 9.17) is 5.41 Å². The maximum absolute atomic E-state index is 11.4. The molecule has 0 aromatic carbocycles. The number of rotatable bonds is 1. The van der Waals surface area contributed by atoms with E-state index >= 15 is 0 Å². The standard InChI is InChI=1S/C11H13NOS/c1-7-2-3-14-11(7)8-4-9(12)6-10(13)5-8/h2-3,8,12H,4-6H2,1H3. The summed E-state index contributed by atoms with van der Waals surface area (Å²) < 4.78 is 0. The molecule has 0 spiro atoms. The Morgan fingerprint density at radius 1 is 1.50 bits per heavy atom. The summed E-state index contributed by atoms with van der Waals surface area (Å²) in [6.45, 7) is 2.08. The van der Waals surface area contributed by atoms with E-state index in [1.165, 1.54) is 10.4 Å². The van der Waals surface area contributed by atoms with Gasteiger partial charge in [0.1, 0.15) is 5.78 Å². The molecule has 1 heterocycles. The van der Waals surface area contributed by atoms with Crippen molar-refractivity contribution in [3.8, 4) is 0 Å². The molecule has 0 amide bonds. The average Bonchev–Trinajstić information content (AvgIpc) is 2.49. The van der Waals surface area contributed by atoms with Crippen molar-refractivity contribution in [1.82, 2.24) is 0 Å². The van der Waals surface area contributed by atoms with Crippen LogP contribution in [0.2, 0.25) is 0 Å². The Morgan fingerprint density at radius 2 is 2.29 bits per heavy atom. The van der Waals surface area contributed by atoms with Crippen LogP contribution >= 0.6 is 11.3 Å². The van der Waals surface area contributed by atoms with Crippen molar-refractivity contribution in [2.45, 2.75) is 32.1 Å². The van der Waals surface area contributed by atoms with Crippen molar-refractivity contribution in [2.75, 3.05) is 0 Å². The van der Waals surface area contributed by atoms with Crippen molar-refractivity contribution in [3.05, 3.63) is 21.9 Å². The van der Waals surface area contributed by atoms with Gasteiger partial charge in [-0.25, -0.2) is 0 Å². The number of Topliss-reactive ketones (excluding diaryl/α,β-unsaturated/α-hetero) is 1. The van der Waals surface area contributed by atoms with Crippen LogP contribution in [-0.4, -0.2) is 11.5 Å². The van der Waals surface area contributed by atoms with Gasteiger partial charge in [-0.15, -0.1) is 11.3 Å². The summed E-state index contributed by atoms with van der Waals surface area (Å²) in [6, 6.07) is 2.09. The molecular weight excluding hydrogens is 194 g/mol. The number of thiophene rings is 1. The van der Waals surface area contributed by atoms with Crippen molar-refractivity contribution in [1.29, 1.82) is 5.41 Å². The maximum atomic E-state index is 11.4. The first kappa shape index (κ1) is 9.59. The summed E-state index contributed by atoms with van der Waals surface area (Å²) in [5.74, 6) is 0.503. The van der Waals surface area contributed by atoms with Gasteiger partial charge in [0.15, 0.2) is 0 Å². The Hall–Kier alpha value is -0.960. The smallest absolute Gasteiger partial charge is 0.139 e. The molecule has 1 atom stereocenters. The highest BCUT2D eigenvalue weighted by Crippen LogP contribution is 2.34. The van der Waals surface area contributed by atoms with E-state index in [9.17, 15) is 4.79 Å². The van der Waals surface area contributed by atoms with Gasteiger partial charge in [0, 0.05) is 29.3 Å². The fourth-order valence-electron chi connectivity index (χ4n) is 2.01. The molecule has 1 unspecified atom stereocenters. The van der Waals surface area contributed by atoms with Crippen LogP contribution in [0, 0.1) is 12.3 Å². The second-order valence-electron chi connectivity index (χ2n) is 3.89. The van der Waals surface area contributed by atoms with E-state index in [2.05, 4.69) is 18.4 Å². The molecule has 1 N–H and O–H groups in total. The lowest BCUT2D eigenvalue weighted by Gasteiger charge is -2.21. The Kier molecular flexibility index (Phi) is 2.50. The minimum absolute atomic E-state index is 0.221. The summed E-state index contributed by atoms with van der Waals surface area (Å²) in [6.07, 6.45) is 1.78. The normalized spacial score (nSPS) is 22.8. The van der Waals surface area contributed by atoms with E-state index in [0.29, 0.717) is 18.6 Å². The van der Waals surface area contributed by atoms with Crippen LogP contribution in [0.4, 0.5) is 0 Å². The van der Waals surface area contributed by atoms with Gasteiger partial charge < -0.3 is 5.41 Å². The lowest BCUT2D eigenvalue weighted by atomic mass is 9.85. The van der Waals surface area contributed by atoms with E-state index in [1.807, 2.05) is 0 Å². The first-order valence-corrected chi connectivity index (χ1v) is 5.66. The summed E-state index contributed by atoms with van der Waals surface area (Å²) in [5.41, 5.74) is 1.86.